The molecule has 0 spiro atoms. The Morgan fingerprint density at radius 2 is 0.891 bits per heavy atom. The van der Waals surface area contributed by atoms with Crippen molar-refractivity contribution in [1.29, 1.82) is 0 Å². The van der Waals surface area contributed by atoms with E-state index in [1.165, 1.54) is 11.1 Å². The molecule has 4 aliphatic heterocycles. The summed E-state index contributed by atoms with van der Waals surface area (Å²) in [4.78, 5) is 41.4. The Bertz CT molecular complexity index is 1980. The summed E-state index contributed by atoms with van der Waals surface area (Å²) in [7, 11) is 0. The number of hydrogen-bond donors (Lipinski definition) is 2. The summed E-state index contributed by atoms with van der Waals surface area (Å²) >= 11 is 0. The van der Waals surface area contributed by atoms with E-state index in [1.807, 2.05) is 12.1 Å². The predicted molar refractivity (Wildman–Crippen MR) is 216 cm³/mol. The van der Waals surface area contributed by atoms with Crippen LogP contribution in [0.15, 0.2) is 61.7 Å². The molecule has 21 heteroatoms. The Labute approximate surface area is 341 Å². The van der Waals surface area contributed by atoms with Crippen molar-refractivity contribution < 1.29 is 24.4 Å². The number of aromatic nitrogens is 8. The number of ether oxygens (including phenoxy) is 4. The molecule has 2 saturated heterocycles. The van der Waals surface area contributed by atoms with Crippen molar-refractivity contribution in [3.63, 3.8) is 0 Å². The molecule has 8 heterocycles. The number of nitrogens with zero attached hydrogens (tertiary/aromatic N) is 10. The largest absolute Gasteiger partial charge is 0.454 e. The maximum atomic E-state index is 5.46. The Morgan fingerprint density at radius 1 is 0.491 bits per heavy atom. The molecule has 0 unspecified atom stereocenters. The molecule has 0 atom stereocenters. The Morgan fingerprint density at radius 3 is 1.31 bits per heavy atom. The number of nitrogens with one attached hydrogen (secondary N) is 2. The molecular formula is C34H42Cl4N12O5. The second-order valence-corrected chi connectivity index (χ2v) is 12.5. The molecule has 0 bridgehead atoms. The Kier molecular flexibility index (Phi) is 15.1. The number of benzene rings is 2. The molecular weight excluding hydrogens is 798 g/mol. The van der Waals surface area contributed by atoms with Gasteiger partial charge in [-0.15, -0.1) is 49.6 Å². The van der Waals surface area contributed by atoms with E-state index in [4.69, 9.17) is 18.9 Å². The standard InChI is InChI=1S/2C17H18N6O2.4ClH.H2O/c2*1-2-13-14(25-11-24-13)7-12(1)8-22-3-5-23(6-4-22)17-15-16(19-9-18-15)20-10-21-17;;;;;/h2*1-2,7,9-10H,3-6,8,11H2,(H,18,19,20,21);4*1H;1H2. The summed E-state index contributed by atoms with van der Waals surface area (Å²) in [6.45, 7) is 10.1. The minimum atomic E-state index is 0. The average molecular weight is 841 g/mol. The van der Waals surface area contributed by atoms with Crippen molar-refractivity contribution >= 4 is 83.6 Å². The van der Waals surface area contributed by atoms with Gasteiger partial charge in [-0.25, -0.2) is 29.9 Å². The molecule has 296 valence electrons. The van der Waals surface area contributed by atoms with Crippen molar-refractivity contribution in [1.82, 2.24) is 49.7 Å². The lowest BCUT2D eigenvalue weighted by Gasteiger charge is -2.35. The van der Waals surface area contributed by atoms with Gasteiger partial charge in [-0.2, -0.15) is 0 Å². The van der Waals surface area contributed by atoms with Crippen molar-refractivity contribution in [2.45, 2.75) is 13.1 Å². The molecule has 55 heavy (non-hydrogen) atoms. The number of H-pyrrole nitrogens is 2. The van der Waals surface area contributed by atoms with Crippen LogP contribution < -0.4 is 28.7 Å². The summed E-state index contributed by atoms with van der Waals surface area (Å²) in [6, 6.07) is 12.4. The highest BCUT2D eigenvalue weighted by Crippen LogP contribution is 2.34. The zero-order chi connectivity index (χ0) is 33.3. The first-order chi connectivity index (χ1) is 24.7. The van der Waals surface area contributed by atoms with E-state index in [9.17, 15) is 0 Å². The third-order valence-corrected chi connectivity index (χ3v) is 9.44. The van der Waals surface area contributed by atoms with Crippen molar-refractivity contribution in [3.8, 4) is 23.0 Å². The lowest BCUT2D eigenvalue weighted by atomic mass is 10.1. The van der Waals surface area contributed by atoms with Gasteiger partial charge in [0, 0.05) is 65.4 Å². The summed E-state index contributed by atoms with van der Waals surface area (Å²) in [6.07, 6.45) is 6.49. The minimum absolute atomic E-state index is 0. The van der Waals surface area contributed by atoms with E-state index in [0.717, 1.165) is 111 Å². The topological polar surface area (TPSA) is 190 Å². The molecule has 4 aliphatic rings. The van der Waals surface area contributed by atoms with Crippen LogP contribution >= 0.6 is 49.6 Å². The molecule has 10 rings (SSSR count). The van der Waals surface area contributed by atoms with Gasteiger partial charge in [0.05, 0.1) is 12.7 Å². The fourth-order valence-electron chi connectivity index (χ4n) is 6.81. The summed E-state index contributed by atoms with van der Waals surface area (Å²) in [5, 5.41) is 0. The smallest absolute Gasteiger partial charge is 0.231 e. The van der Waals surface area contributed by atoms with E-state index < -0.39 is 0 Å². The van der Waals surface area contributed by atoms with E-state index in [0.29, 0.717) is 24.9 Å². The molecule has 0 radical (unpaired) electrons. The number of fused-ring (bicyclic) bond motifs is 4. The number of piperazine rings is 2. The molecule has 17 nitrogen and oxygen atoms in total. The first-order valence-corrected chi connectivity index (χ1v) is 16.7. The first kappa shape index (κ1) is 43.1. The fraction of sp³-hybridized carbons (Fsp3) is 0.353. The first-order valence-electron chi connectivity index (χ1n) is 16.7. The van der Waals surface area contributed by atoms with Crippen molar-refractivity contribution in [2.24, 2.45) is 0 Å². The van der Waals surface area contributed by atoms with Crippen LogP contribution in [0, 0.1) is 0 Å². The number of hydrogen-bond acceptors (Lipinski definition) is 14. The monoisotopic (exact) mass is 838 g/mol. The Hall–Kier alpha value is -4.62. The summed E-state index contributed by atoms with van der Waals surface area (Å²) in [5.74, 6) is 5.23. The second-order valence-electron chi connectivity index (χ2n) is 12.5. The molecule has 0 aliphatic carbocycles. The highest BCUT2D eigenvalue weighted by Gasteiger charge is 2.23. The zero-order valence-electron chi connectivity index (χ0n) is 29.5. The van der Waals surface area contributed by atoms with Crippen LogP contribution in [0.1, 0.15) is 11.1 Å². The van der Waals surface area contributed by atoms with Crippen LogP contribution in [-0.4, -0.2) is 121 Å². The van der Waals surface area contributed by atoms with Gasteiger partial charge in [-0.05, 0) is 35.4 Å². The van der Waals surface area contributed by atoms with Crippen molar-refractivity contribution in [2.75, 3.05) is 75.7 Å². The molecule has 4 aromatic heterocycles. The molecule has 0 saturated carbocycles. The number of anilines is 2. The lowest BCUT2D eigenvalue weighted by molar-refractivity contribution is 0.173. The maximum Gasteiger partial charge on any atom is 0.231 e. The fourth-order valence-corrected chi connectivity index (χ4v) is 6.81. The van der Waals surface area contributed by atoms with Gasteiger partial charge in [0.1, 0.15) is 23.7 Å². The summed E-state index contributed by atoms with van der Waals surface area (Å²) < 4.78 is 21.7. The van der Waals surface area contributed by atoms with Gasteiger partial charge in [-0.1, -0.05) is 12.1 Å². The number of imidazole rings is 2. The highest BCUT2D eigenvalue weighted by molar-refractivity contribution is 5.86. The van der Waals surface area contributed by atoms with Crippen LogP contribution in [0.2, 0.25) is 0 Å². The van der Waals surface area contributed by atoms with Gasteiger partial charge in [0.25, 0.3) is 0 Å². The van der Waals surface area contributed by atoms with Gasteiger partial charge < -0.3 is 44.2 Å². The zero-order valence-corrected chi connectivity index (χ0v) is 32.8. The van der Waals surface area contributed by atoms with Gasteiger partial charge in [0.15, 0.2) is 45.9 Å². The van der Waals surface area contributed by atoms with Gasteiger partial charge in [0.2, 0.25) is 13.6 Å². The minimum Gasteiger partial charge on any atom is -0.454 e. The molecule has 6 aromatic rings. The van der Waals surface area contributed by atoms with E-state index in [-0.39, 0.29) is 55.1 Å². The number of rotatable bonds is 6. The molecule has 2 aromatic carbocycles. The highest BCUT2D eigenvalue weighted by atomic mass is 35.5. The van der Waals surface area contributed by atoms with Crippen LogP contribution in [0.25, 0.3) is 22.3 Å². The SMILES string of the molecule is Cl.Cl.Cl.Cl.O.c1nc(N2CCN(Cc3ccc4c(c3)OCO4)CC2)c2[nH]cnc2n1.c1nc(N2CCN(Cc3ccc4c(c3)OCO4)CC2)c2[nH]cnc2n1. The average Bonchev–Trinajstić information content (AvgIpc) is 3.99. The normalized spacial score (nSPS) is 15.8. The van der Waals surface area contributed by atoms with E-state index >= 15 is 0 Å². The van der Waals surface area contributed by atoms with Gasteiger partial charge in [-0.3, -0.25) is 9.80 Å². The second kappa shape index (κ2) is 19.3. The third-order valence-electron chi connectivity index (χ3n) is 9.44. The summed E-state index contributed by atoms with van der Waals surface area (Å²) in [5.41, 5.74) is 5.74. The predicted octanol–water partition coefficient (Wildman–Crippen LogP) is 3.67. The van der Waals surface area contributed by atoms with E-state index in [2.05, 4.69) is 83.7 Å². The van der Waals surface area contributed by atoms with E-state index in [1.54, 1.807) is 25.3 Å². The van der Waals surface area contributed by atoms with Crippen LogP contribution in [0.4, 0.5) is 11.6 Å². The quantitative estimate of drug-likeness (QED) is 0.247. The Balaban J connectivity index is 0.000000224. The number of halogens is 4. The molecule has 4 N–H and O–H groups in total. The molecule has 2 fully saturated rings. The van der Waals surface area contributed by atoms with Crippen LogP contribution in [0.5, 0.6) is 23.0 Å². The number of aromatic amines is 2. The molecule has 0 amide bonds. The van der Waals surface area contributed by atoms with Crippen LogP contribution in [-0.2, 0) is 13.1 Å². The van der Waals surface area contributed by atoms with Crippen LogP contribution in [0.3, 0.4) is 0 Å². The van der Waals surface area contributed by atoms with Gasteiger partial charge >= 0.3 is 0 Å². The lowest BCUT2D eigenvalue weighted by Crippen LogP contribution is -2.46. The van der Waals surface area contributed by atoms with Crippen molar-refractivity contribution in [3.05, 3.63) is 72.8 Å². The third kappa shape index (κ3) is 9.27. The maximum absolute atomic E-state index is 5.46.